The van der Waals surface area contributed by atoms with Crippen molar-refractivity contribution in [2.75, 3.05) is 0 Å². The molecule has 1 aliphatic rings. The molecule has 0 atom stereocenters. The summed E-state index contributed by atoms with van der Waals surface area (Å²) in [7, 11) is 0. The van der Waals surface area contributed by atoms with Crippen molar-refractivity contribution < 1.29 is 9.53 Å². The molecule has 0 aliphatic carbocycles. The number of hydrogen-bond acceptors (Lipinski definition) is 3. The quantitative estimate of drug-likeness (QED) is 0.750. The van der Waals surface area contributed by atoms with Crippen molar-refractivity contribution in [1.29, 1.82) is 0 Å². The van der Waals surface area contributed by atoms with E-state index < -0.39 is 5.60 Å². The molecule has 0 radical (unpaired) electrons. The van der Waals surface area contributed by atoms with Gasteiger partial charge in [-0.25, -0.2) is 4.79 Å². The maximum absolute atomic E-state index is 12.2. The van der Waals surface area contributed by atoms with Gasteiger partial charge in [0.25, 0.3) is 0 Å². The number of rotatable bonds is 3. The minimum Gasteiger partial charge on any atom is -0.451 e. The first-order chi connectivity index (χ1) is 11.1. The number of benzene rings is 1. The van der Waals surface area contributed by atoms with Crippen molar-refractivity contribution in [3.63, 3.8) is 0 Å². The van der Waals surface area contributed by atoms with Gasteiger partial charge in [0.2, 0.25) is 0 Å². The first kappa shape index (κ1) is 14.0. The van der Waals surface area contributed by atoms with Gasteiger partial charge in [-0.15, -0.1) is 0 Å². The third-order valence-corrected chi connectivity index (χ3v) is 4.54. The number of fused-ring (bicyclic) bond motifs is 2. The minimum atomic E-state index is -0.565. The van der Waals surface area contributed by atoms with E-state index in [1.54, 1.807) is 6.20 Å². The third kappa shape index (κ3) is 2.22. The standard InChI is InChI=1S/C19H18N2O2/c1-19(2)14-9-10-20-16(17(14)18(22)23-19)8-7-12-11-21-15-6-4-3-5-13(12)15/h3-6,9-11,21H,7-8H2,1-2H3. The number of aryl methyl sites for hydroxylation is 2. The molecular weight excluding hydrogens is 288 g/mol. The lowest BCUT2D eigenvalue weighted by Gasteiger charge is -2.17. The van der Waals surface area contributed by atoms with Gasteiger partial charge in [0.1, 0.15) is 5.60 Å². The van der Waals surface area contributed by atoms with Crippen LogP contribution in [0.15, 0.2) is 42.7 Å². The first-order valence-electron chi connectivity index (χ1n) is 7.83. The molecule has 1 aliphatic heterocycles. The second kappa shape index (κ2) is 4.95. The number of ether oxygens (including phenoxy) is 1. The number of carbonyl (C=O) groups is 1. The largest absolute Gasteiger partial charge is 0.451 e. The normalized spacial score (nSPS) is 15.7. The average Bonchev–Trinajstić information content (AvgIpc) is 3.05. The van der Waals surface area contributed by atoms with E-state index in [1.807, 2.05) is 38.2 Å². The van der Waals surface area contributed by atoms with Crippen LogP contribution in [0, 0.1) is 0 Å². The summed E-state index contributed by atoms with van der Waals surface area (Å²) in [6.45, 7) is 3.83. The van der Waals surface area contributed by atoms with Crippen LogP contribution in [0.1, 0.15) is 41.0 Å². The number of aromatic nitrogens is 2. The molecule has 4 heteroatoms. The minimum absolute atomic E-state index is 0.257. The van der Waals surface area contributed by atoms with E-state index >= 15 is 0 Å². The Morgan fingerprint density at radius 1 is 1.17 bits per heavy atom. The van der Waals surface area contributed by atoms with Gasteiger partial charge in [-0.2, -0.15) is 0 Å². The van der Waals surface area contributed by atoms with Gasteiger partial charge in [-0.1, -0.05) is 18.2 Å². The average molecular weight is 306 g/mol. The Morgan fingerprint density at radius 3 is 2.87 bits per heavy atom. The fourth-order valence-electron chi connectivity index (χ4n) is 3.35. The van der Waals surface area contributed by atoms with E-state index in [0.29, 0.717) is 5.56 Å². The predicted molar refractivity (Wildman–Crippen MR) is 88.4 cm³/mol. The number of hydrogen-bond donors (Lipinski definition) is 1. The highest BCUT2D eigenvalue weighted by Crippen LogP contribution is 2.37. The number of nitrogens with one attached hydrogen (secondary N) is 1. The molecule has 0 amide bonds. The molecule has 1 N–H and O–H groups in total. The number of cyclic esters (lactones) is 1. The van der Waals surface area contributed by atoms with E-state index in [4.69, 9.17) is 4.74 Å². The van der Waals surface area contributed by atoms with Crippen LogP contribution in [0.4, 0.5) is 0 Å². The second-order valence-electron chi connectivity index (χ2n) is 6.44. The van der Waals surface area contributed by atoms with E-state index in [2.05, 4.69) is 22.1 Å². The molecule has 3 aromatic rings. The fraction of sp³-hybridized carbons (Fsp3) is 0.263. The monoisotopic (exact) mass is 306 g/mol. The van der Waals surface area contributed by atoms with Gasteiger partial charge in [0, 0.05) is 28.9 Å². The Balaban J connectivity index is 1.66. The van der Waals surface area contributed by atoms with Crippen LogP contribution in [-0.2, 0) is 23.2 Å². The van der Waals surface area contributed by atoms with Crippen LogP contribution in [0.3, 0.4) is 0 Å². The van der Waals surface area contributed by atoms with E-state index in [9.17, 15) is 4.79 Å². The highest BCUT2D eigenvalue weighted by atomic mass is 16.6. The summed E-state index contributed by atoms with van der Waals surface area (Å²) in [5.41, 5.74) is 4.22. The Bertz CT molecular complexity index is 909. The zero-order valence-corrected chi connectivity index (χ0v) is 13.2. The zero-order chi connectivity index (χ0) is 16.0. The van der Waals surface area contributed by atoms with Gasteiger partial charge in [0.05, 0.1) is 11.3 Å². The summed E-state index contributed by atoms with van der Waals surface area (Å²) >= 11 is 0. The van der Waals surface area contributed by atoms with Crippen molar-refractivity contribution in [2.45, 2.75) is 32.3 Å². The second-order valence-corrected chi connectivity index (χ2v) is 6.44. The molecule has 0 saturated carbocycles. The molecule has 3 heterocycles. The van der Waals surface area contributed by atoms with Crippen LogP contribution >= 0.6 is 0 Å². The van der Waals surface area contributed by atoms with E-state index in [0.717, 1.165) is 29.6 Å². The molecule has 23 heavy (non-hydrogen) atoms. The van der Waals surface area contributed by atoms with Crippen LogP contribution in [0.5, 0.6) is 0 Å². The van der Waals surface area contributed by atoms with Gasteiger partial charge in [-0.05, 0) is 44.4 Å². The number of pyridine rings is 1. The summed E-state index contributed by atoms with van der Waals surface area (Å²) in [5, 5.41) is 1.22. The molecule has 0 unspecified atom stereocenters. The summed E-state index contributed by atoms with van der Waals surface area (Å²) in [4.78, 5) is 19.9. The maximum atomic E-state index is 12.2. The van der Waals surface area contributed by atoms with Crippen LogP contribution in [0.25, 0.3) is 10.9 Å². The molecule has 0 saturated heterocycles. The summed E-state index contributed by atoms with van der Waals surface area (Å²) in [6.07, 6.45) is 5.36. The number of aromatic amines is 1. The van der Waals surface area contributed by atoms with Gasteiger partial charge < -0.3 is 9.72 Å². The summed E-state index contributed by atoms with van der Waals surface area (Å²) in [5.74, 6) is -0.257. The molecule has 0 spiro atoms. The molecule has 4 rings (SSSR count). The summed E-state index contributed by atoms with van der Waals surface area (Å²) < 4.78 is 5.48. The van der Waals surface area contributed by atoms with Gasteiger partial charge in [0.15, 0.2) is 0 Å². The first-order valence-corrected chi connectivity index (χ1v) is 7.83. The molecular formula is C19H18N2O2. The lowest BCUT2D eigenvalue weighted by molar-refractivity contribution is 0.00951. The highest BCUT2D eigenvalue weighted by molar-refractivity contribution is 5.95. The number of nitrogens with zero attached hydrogens (tertiary/aromatic N) is 1. The van der Waals surface area contributed by atoms with Crippen LogP contribution in [0.2, 0.25) is 0 Å². The Hall–Kier alpha value is -2.62. The third-order valence-electron chi connectivity index (χ3n) is 4.54. The molecule has 0 bridgehead atoms. The Labute approximate surface area is 134 Å². The van der Waals surface area contributed by atoms with Crippen molar-refractivity contribution in [3.05, 3.63) is 65.1 Å². The number of para-hydroxylation sites is 1. The van der Waals surface area contributed by atoms with E-state index in [-0.39, 0.29) is 5.97 Å². The summed E-state index contributed by atoms with van der Waals surface area (Å²) in [6, 6.07) is 10.1. The maximum Gasteiger partial charge on any atom is 0.341 e. The van der Waals surface area contributed by atoms with Crippen molar-refractivity contribution in [2.24, 2.45) is 0 Å². The Kier molecular flexibility index (Phi) is 3.01. The van der Waals surface area contributed by atoms with Crippen molar-refractivity contribution >= 4 is 16.9 Å². The molecule has 1 aromatic carbocycles. The number of esters is 1. The smallest absolute Gasteiger partial charge is 0.341 e. The molecule has 116 valence electrons. The van der Waals surface area contributed by atoms with Gasteiger partial charge >= 0.3 is 5.97 Å². The van der Waals surface area contributed by atoms with Crippen LogP contribution in [-0.4, -0.2) is 15.9 Å². The number of H-pyrrole nitrogens is 1. The van der Waals surface area contributed by atoms with Crippen LogP contribution < -0.4 is 0 Å². The Morgan fingerprint density at radius 2 is 2.00 bits per heavy atom. The highest BCUT2D eigenvalue weighted by Gasteiger charge is 2.39. The lowest BCUT2D eigenvalue weighted by Crippen LogP contribution is -2.15. The van der Waals surface area contributed by atoms with E-state index in [1.165, 1.54) is 10.9 Å². The SMILES string of the molecule is CC1(C)OC(=O)c2c1ccnc2CCc1c[nH]c2ccccc12. The topological polar surface area (TPSA) is 55.0 Å². The molecule has 4 nitrogen and oxygen atoms in total. The lowest BCUT2D eigenvalue weighted by atomic mass is 9.94. The fourth-order valence-corrected chi connectivity index (χ4v) is 3.35. The predicted octanol–water partition coefficient (Wildman–Crippen LogP) is 3.75. The molecule has 2 aromatic heterocycles. The molecule has 0 fully saturated rings. The van der Waals surface area contributed by atoms with Crippen molar-refractivity contribution in [1.82, 2.24) is 9.97 Å². The zero-order valence-electron chi connectivity index (χ0n) is 13.2. The van der Waals surface area contributed by atoms with Gasteiger partial charge in [-0.3, -0.25) is 4.98 Å². The van der Waals surface area contributed by atoms with Crippen molar-refractivity contribution in [3.8, 4) is 0 Å². The number of carbonyl (C=O) groups excluding carboxylic acids is 1.